The first-order valence-corrected chi connectivity index (χ1v) is 8.64. The molecule has 1 aromatic heterocycles. The second kappa shape index (κ2) is 7.07. The van der Waals surface area contributed by atoms with Crippen LogP contribution in [0, 0.1) is 0 Å². The third kappa shape index (κ3) is 3.35. The Morgan fingerprint density at radius 1 is 1.19 bits per heavy atom. The number of ether oxygens (including phenoxy) is 2. The van der Waals surface area contributed by atoms with Crippen molar-refractivity contribution >= 4 is 11.8 Å². The van der Waals surface area contributed by atoms with Crippen LogP contribution in [0.3, 0.4) is 0 Å². The summed E-state index contributed by atoms with van der Waals surface area (Å²) in [6.45, 7) is 1.51. The van der Waals surface area contributed by atoms with Crippen LogP contribution in [0.25, 0.3) is 0 Å². The normalized spacial score (nSPS) is 16.5. The second-order valence-electron chi connectivity index (χ2n) is 6.37. The average Bonchev–Trinajstić information content (AvgIpc) is 3.37. The number of nitrogens with zero attached hydrogens (tertiary/aromatic N) is 3. The second-order valence-corrected chi connectivity index (χ2v) is 6.37. The fraction of sp³-hybridized carbons (Fsp3) is 0.389. The number of imidazole rings is 1. The van der Waals surface area contributed by atoms with Gasteiger partial charge in [0.1, 0.15) is 0 Å². The first kappa shape index (κ1) is 16.4. The Balaban J connectivity index is 1.27. The van der Waals surface area contributed by atoms with E-state index in [4.69, 9.17) is 9.47 Å². The average molecular weight is 356 g/mol. The number of hydrogen-bond donors (Lipinski definition) is 1. The van der Waals surface area contributed by atoms with Gasteiger partial charge < -0.3 is 24.3 Å². The molecular weight excluding hydrogens is 336 g/mol. The molecule has 3 heterocycles. The monoisotopic (exact) mass is 356 g/mol. The molecular formula is C18H20N4O4. The van der Waals surface area contributed by atoms with E-state index in [1.165, 1.54) is 0 Å². The molecule has 0 saturated carbocycles. The van der Waals surface area contributed by atoms with Crippen LogP contribution in [-0.2, 0) is 4.79 Å². The number of likely N-dealkylation sites (tertiary alicyclic amines) is 1. The molecule has 136 valence electrons. The lowest BCUT2D eigenvalue weighted by Crippen LogP contribution is -2.44. The van der Waals surface area contributed by atoms with Crippen LogP contribution in [0.2, 0.25) is 0 Å². The van der Waals surface area contributed by atoms with Gasteiger partial charge in [0.15, 0.2) is 11.5 Å². The maximum Gasteiger partial charge on any atom is 0.251 e. The Labute approximate surface area is 150 Å². The zero-order chi connectivity index (χ0) is 17.9. The predicted octanol–water partition coefficient (Wildman–Crippen LogP) is 1.21. The number of nitrogens with one attached hydrogen (secondary N) is 1. The highest BCUT2D eigenvalue weighted by atomic mass is 16.7. The van der Waals surface area contributed by atoms with Crippen molar-refractivity contribution in [2.75, 3.05) is 26.4 Å². The first-order chi connectivity index (χ1) is 12.7. The molecule has 2 aliphatic heterocycles. The van der Waals surface area contributed by atoms with Gasteiger partial charge in [-0.15, -0.1) is 0 Å². The molecule has 0 unspecified atom stereocenters. The maximum atomic E-state index is 12.4. The van der Waals surface area contributed by atoms with Crippen LogP contribution >= 0.6 is 0 Å². The number of hydrogen-bond acceptors (Lipinski definition) is 5. The molecule has 8 nitrogen and oxygen atoms in total. The lowest BCUT2D eigenvalue weighted by Gasteiger charge is -2.32. The van der Waals surface area contributed by atoms with E-state index in [1.807, 2.05) is 12.5 Å². The van der Waals surface area contributed by atoms with Crippen molar-refractivity contribution in [3.63, 3.8) is 0 Å². The van der Waals surface area contributed by atoms with Gasteiger partial charge in [-0.3, -0.25) is 9.59 Å². The largest absolute Gasteiger partial charge is 0.454 e. The van der Waals surface area contributed by atoms with E-state index in [1.54, 1.807) is 29.3 Å². The van der Waals surface area contributed by atoms with Crippen LogP contribution in [0.15, 0.2) is 36.9 Å². The van der Waals surface area contributed by atoms with Crippen LogP contribution in [-0.4, -0.2) is 52.7 Å². The molecule has 2 aromatic rings. The van der Waals surface area contributed by atoms with E-state index in [0.29, 0.717) is 36.2 Å². The van der Waals surface area contributed by atoms with Gasteiger partial charge in [-0.2, -0.15) is 0 Å². The Morgan fingerprint density at radius 3 is 2.77 bits per heavy atom. The number of aromatic nitrogens is 2. The zero-order valence-electron chi connectivity index (χ0n) is 14.3. The van der Waals surface area contributed by atoms with E-state index in [2.05, 4.69) is 14.9 Å². The van der Waals surface area contributed by atoms with Gasteiger partial charge in [-0.25, -0.2) is 4.98 Å². The van der Waals surface area contributed by atoms with Crippen LogP contribution < -0.4 is 14.8 Å². The van der Waals surface area contributed by atoms with Crippen molar-refractivity contribution in [1.29, 1.82) is 0 Å². The van der Waals surface area contributed by atoms with Crippen LogP contribution in [0.5, 0.6) is 11.5 Å². The molecule has 26 heavy (non-hydrogen) atoms. The van der Waals surface area contributed by atoms with Gasteiger partial charge >= 0.3 is 0 Å². The molecule has 0 atom stereocenters. The summed E-state index contributed by atoms with van der Waals surface area (Å²) in [6, 6.07) is 5.35. The lowest BCUT2D eigenvalue weighted by molar-refractivity contribution is -0.131. The van der Waals surface area contributed by atoms with Crippen molar-refractivity contribution < 1.29 is 19.1 Å². The van der Waals surface area contributed by atoms with Gasteiger partial charge in [-0.1, -0.05) is 0 Å². The molecule has 1 aromatic carbocycles. The number of carbonyl (C=O) groups is 2. The predicted molar refractivity (Wildman–Crippen MR) is 92.0 cm³/mol. The minimum Gasteiger partial charge on any atom is -0.454 e. The van der Waals surface area contributed by atoms with Gasteiger partial charge in [0, 0.05) is 37.1 Å². The summed E-state index contributed by atoms with van der Waals surface area (Å²) in [7, 11) is 0. The van der Waals surface area contributed by atoms with Crippen molar-refractivity contribution in [3.8, 4) is 11.5 Å². The topological polar surface area (TPSA) is 85.7 Å². The van der Waals surface area contributed by atoms with E-state index in [-0.39, 0.29) is 25.2 Å². The Kier molecular flexibility index (Phi) is 4.47. The molecule has 4 rings (SSSR count). The van der Waals surface area contributed by atoms with E-state index in [0.717, 1.165) is 12.8 Å². The quantitative estimate of drug-likeness (QED) is 0.890. The molecule has 0 aliphatic carbocycles. The van der Waals surface area contributed by atoms with Gasteiger partial charge in [0.05, 0.1) is 12.9 Å². The van der Waals surface area contributed by atoms with Gasteiger partial charge in [-0.05, 0) is 31.0 Å². The Morgan fingerprint density at radius 2 is 2.00 bits per heavy atom. The summed E-state index contributed by atoms with van der Waals surface area (Å²) >= 11 is 0. The molecule has 2 amide bonds. The maximum absolute atomic E-state index is 12.4. The molecule has 0 spiro atoms. The van der Waals surface area contributed by atoms with Gasteiger partial charge in [0.25, 0.3) is 5.91 Å². The fourth-order valence-electron chi connectivity index (χ4n) is 3.31. The summed E-state index contributed by atoms with van der Waals surface area (Å²) in [6.07, 6.45) is 7.31. The van der Waals surface area contributed by atoms with E-state index in [9.17, 15) is 9.59 Å². The molecule has 2 aliphatic rings. The van der Waals surface area contributed by atoms with Crippen LogP contribution in [0.4, 0.5) is 0 Å². The molecule has 8 heteroatoms. The highest BCUT2D eigenvalue weighted by molar-refractivity contribution is 5.97. The smallest absolute Gasteiger partial charge is 0.251 e. The lowest BCUT2D eigenvalue weighted by atomic mass is 10.0. The zero-order valence-corrected chi connectivity index (χ0v) is 14.3. The van der Waals surface area contributed by atoms with Gasteiger partial charge in [0.2, 0.25) is 12.7 Å². The van der Waals surface area contributed by atoms with Crippen molar-refractivity contribution in [2.45, 2.75) is 18.9 Å². The van der Waals surface area contributed by atoms with Crippen molar-refractivity contribution in [2.24, 2.45) is 0 Å². The summed E-state index contributed by atoms with van der Waals surface area (Å²) in [5.41, 5.74) is 0.445. The minimum atomic E-state index is -0.301. The molecule has 1 saturated heterocycles. The number of carbonyl (C=O) groups excluding carboxylic acids is 2. The number of piperidine rings is 1. The minimum absolute atomic E-state index is 0.0109. The summed E-state index contributed by atoms with van der Waals surface area (Å²) < 4.78 is 12.6. The molecule has 1 N–H and O–H groups in total. The summed E-state index contributed by atoms with van der Waals surface area (Å²) in [5, 5.41) is 2.68. The Hall–Kier alpha value is -3.03. The molecule has 0 bridgehead atoms. The third-order valence-electron chi connectivity index (χ3n) is 4.80. The number of rotatable bonds is 4. The number of fused-ring (bicyclic) bond motifs is 1. The van der Waals surface area contributed by atoms with E-state index >= 15 is 0 Å². The summed E-state index contributed by atoms with van der Waals surface area (Å²) in [5.74, 6) is 0.803. The molecule has 1 fully saturated rings. The number of amides is 2. The van der Waals surface area contributed by atoms with Crippen LogP contribution in [0.1, 0.15) is 29.2 Å². The highest BCUT2D eigenvalue weighted by Crippen LogP contribution is 2.32. The first-order valence-electron chi connectivity index (χ1n) is 8.64. The van der Waals surface area contributed by atoms with E-state index < -0.39 is 0 Å². The third-order valence-corrected chi connectivity index (χ3v) is 4.80. The molecule has 0 radical (unpaired) electrons. The number of benzene rings is 1. The standard InChI is InChI=1S/C18H20N4O4/c23-17(21-6-3-14(4-7-21)22-8-5-19-11-22)10-20-18(24)13-1-2-15-16(9-13)26-12-25-15/h1-2,5,8-9,11,14H,3-4,6-7,10,12H2,(H,20,24). The van der Waals surface area contributed by atoms with Crippen molar-refractivity contribution in [3.05, 3.63) is 42.5 Å². The highest BCUT2D eigenvalue weighted by Gasteiger charge is 2.24. The summed E-state index contributed by atoms with van der Waals surface area (Å²) in [4.78, 5) is 30.5. The fourth-order valence-corrected chi connectivity index (χ4v) is 3.31. The SMILES string of the molecule is O=C(NCC(=O)N1CCC(n2ccnc2)CC1)c1ccc2c(c1)OCO2. The Bertz CT molecular complexity index is 798. The van der Waals surface area contributed by atoms with Crippen molar-refractivity contribution in [1.82, 2.24) is 19.8 Å².